The van der Waals surface area contributed by atoms with Crippen LogP contribution in [0, 0.1) is 5.92 Å². The van der Waals surface area contributed by atoms with Crippen molar-refractivity contribution in [3.63, 3.8) is 0 Å². The topological polar surface area (TPSA) is 40.5 Å². The molecule has 2 bridgehead atoms. The molecule has 1 N–H and O–H groups in total. The number of carboxylic acids is 1. The number of hydrogen-bond donors (Lipinski definition) is 1. The number of carboxylic acid groups (broad SMARTS) is 1. The maximum Gasteiger partial charge on any atom is 0.314 e. The summed E-state index contributed by atoms with van der Waals surface area (Å²) in [6, 6.07) is 10.2. The zero-order valence-electron chi connectivity index (χ0n) is 10.7. The third-order valence-corrected chi connectivity index (χ3v) is 4.91. The summed E-state index contributed by atoms with van der Waals surface area (Å²) in [5.41, 5.74) is 0.330. The third-order valence-electron chi connectivity index (χ3n) is 4.91. The number of hydrogen-bond acceptors (Lipinski definition) is 2. The zero-order valence-corrected chi connectivity index (χ0v) is 10.7. The van der Waals surface area contributed by atoms with E-state index in [1.165, 1.54) is 0 Å². The van der Waals surface area contributed by atoms with Gasteiger partial charge >= 0.3 is 5.97 Å². The summed E-state index contributed by atoms with van der Waals surface area (Å²) >= 11 is 0. The van der Waals surface area contributed by atoms with Gasteiger partial charge in [0.2, 0.25) is 0 Å². The molecular formula is C15H19NO2. The van der Waals surface area contributed by atoms with Crippen molar-refractivity contribution in [2.45, 2.75) is 30.7 Å². The van der Waals surface area contributed by atoms with Crippen LogP contribution in [0.15, 0.2) is 30.3 Å². The van der Waals surface area contributed by atoms with Crippen LogP contribution in [0.3, 0.4) is 0 Å². The van der Waals surface area contributed by atoms with Crippen molar-refractivity contribution in [3.8, 4) is 0 Å². The number of benzene rings is 1. The van der Waals surface area contributed by atoms with Gasteiger partial charge in [0.25, 0.3) is 0 Å². The normalized spacial score (nSPS) is 35.6. The van der Waals surface area contributed by atoms with Crippen LogP contribution < -0.4 is 0 Å². The molecule has 1 aromatic rings. The first-order chi connectivity index (χ1) is 8.64. The van der Waals surface area contributed by atoms with Crippen LogP contribution in [0.2, 0.25) is 0 Å². The van der Waals surface area contributed by atoms with Crippen molar-refractivity contribution >= 4 is 5.97 Å². The molecule has 4 rings (SSSR count). The molecule has 1 aromatic carbocycles. The Labute approximate surface area is 107 Å². The van der Waals surface area contributed by atoms with E-state index in [1.807, 2.05) is 30.3 Å². The largest absolute Gasteiger partial charge is 0.481 e. The molecule has 3 heteroatoms. The van der Waals surface area contributed by atoms with E-state index in [2.05, 4.69) is 11.9 Å². The minimum Gasteiger partial charge on any atom is -0.481 e. The van der Waals surface area contributed by atoms with E-state index in [-0.39, 0.29) is 5.92 Å². The number of nitrogens with zero attached hydrogens (tertiary/aromatic N) is 1. The van der Waals surface area contributed by atoms with E-state index in [4.69, 9.17) is 0 Å². The molecule has 2 saturated heterocycles. The fraction of sp³-hybridized carbons (Fsp3) is 0.533. The van der Waals surface area contributed by atoms with E-state index in [9.17, 15) is 9.90 Å². The maximum absolute atomic E-state index is 12.0. The second kappa shape index (κ2) is 4.09. The summed E-state index contributed by atoms with van der Waals surface area (Å²) in [5, 5.41) is 9.83. The van der Waals surface area contributed by atoms with Crippen LogP contribution >= 0.6 is 0 Å². The quantitative estimate of drug-likeness (QED) is 0.867. The highest BCUT2D eigenvalue weighted by Gasteiger charge is 2.55. The first kappa shape index (κ1) is 11.7. The monoisotopic (exact) mass is 245 g/mol. The fourth-order valence-corrected chi connectivity index (χ4v) is 3.87. The Kier molecular flexibility index (Phi) is 2.67. The van der Waals surface area contributed by atoms with Gasteiger partial charge in [-0.25, -0.2) is 0 Å². The van der Waals surface area contributed by atoms with Crippen molar-refractivity contribution < 1.29 is 9.90 Å². The van der Waals surface area contributed by atoms with Crippen LogP contribution in [0.25, 0.3) is 0 Å². The molecular weight excluding hydrogens is 226 g/mol. The van der Waals surface area contributed by atoms with E-state index >= 15 is 0 Å². The highest BCUT2D eigenvalue weighted by Crippen LogP contribution is 2.49. The van der Waals surface area contributed by atoms with Gasteiger partial charge in [0.15, 0.2) is 0 Å². The Hall–Kier alpha value is -1.35. The molecule has 0 radical (unpaired) electrons. The molecule has 2 heterocycles. The Bertz CT molecular complexity index is 459. The van der Waals surface area contributed by atoms with Crippen molar-refractivity contribution in [1.29, 1.82) is 0 Å². The van der Waals surface area contributed by atoms with Crippen LogP contribution in [-0.2, 0) is 10.2 Å². The Morgan fingerprint density at radius 1 is 1.33 bits per heavy atom. The molecule has 0 unspecified atom stereocenters. The molecule has 0 spiro atoms. The van der Waals surface area contributed by atoms with Gasteiger partial charge in [0.1, 0.15) is 0 Å². The number of rotatable bonds is 2. The molecule has 1 aliphatic carbocycles. The smallest absolute Gasteiger partial charge is 0.314 e. The zero-order chi connectivity index (χ0) is 12.8. The van der Waals surface area contributed by atoms with Crippen LogP contribution in [0.4, 0.5) is 0 Å². The lowest BCUT2D eigenvalue weighted by atomic mass is 9.58. The molecule has 18 heavy (non-hydrogen) atoms. The highest BCUT2D eigenvalue weighted by atomic mass is 16.4. The Morgan fingerprint density at radius 2 is 2.06 bits per heavy atom. The standard InChI is InChI=1S/C15H19NO2/c1-16-10-12-7-8-13(16)9-15(12,14(17)18)11-5-3-2-4-6-11/h2-6,12-13H,7-10H2,1H3,(H,17,18)/t12-,13+,15-/m1/s1. The lowest BCUT2D eigenvalue weighted by molar-refractivity contribution is -0.153. The summed E-state index contributed by atoms with van der Waals surface area (Å²) in [5.74, 6) is -0.399. The average molecular weight is 245 g/mol. The summed E-state index contributed by atoms with van der Waals surface area (Å²) in [6.45, 7) is 0.909. The predicted molar refractivity (Wildman–Crippen MR) is 69.5 cm³/mol. The second-order valence-corrected chi connectivity index (χ2v) is 5.71. The second-order valence-electron chi connectivity index (χ2n) is 5.71. The number of aliphatic carboxylic acids is 1. The summed E-state index contributed by atoms with van der Waals surface area (Å²) in [7, 11) is 2.12. The van der Waals surface area contributed by atoms with Gasteiger partial charge in [-0.3, -0.25) is 4.79 Å². The molecule has 3 atom stereocenters. The summed E-state index contributed by atoms with van der Waals surface area (Å²) in [4.78, 5) is 14.3. The Balaban J connectivity index is 2.07. The molecule has 1 saturated carbocycles. The number of piperidine rings is 2. The van der Waals surface area contributed by atoms with E-state index < -0.39 is 11.4 Å². The average Bonchev–Trinajstić information content (AvgIpc) is 2.40. The molecule has 3 fully saturated rings. The van der Waals surface area contributed by atoms with Crippen molar-refractivity contribution in [2.24, 2.45) is 5.92 Å². The number of carbonyl (C=O) groups is 1. The first-order valence-corrected chi connectivity index (χ1v) is 6.64. The molecule has 96 valence electrons. The Morgan fingerprint density at radius 3 is 2.56 bits per heavy atom. The lowest BCUT2D eigenvalue weighted by Gasteiger charge is -2.53. The van der Waals surface area contributed by atoms with Gasteiger partial charge < -0.3 is 10.0 Å². The van der Waals surface area contributed by atoms with Crippen molar-refractivity contribution in [1.82, 2.24) is 4.90 Å². The van der Waals surface area contributed by atoms with Crippen LogP contribution in [0.5, 0.6) is 0 Å². The SMILES string of the molecule is CN1C[C@H]2CC[C@H]1C[C@@]2(C(=O)O)c1ccccc1. The van der Waals surface area contributed by atoms with E-state index in [1.54, 1.807) is 0 Å². The minimum absolute atomic E-state index is 0.243. The van der Waals surface area contributed by atoms with E-state index in [0.717, 1.165) is 31.4 Å². The third kappa shape index (κ3) is 1.50. The number of fused-ring (bicyclic) bond motifs is 3. The lowest BCUT2D eigenvalue weighted by Crippen LogP contribution is -2.60. The van der Waals surface area contributed by atoms with Gasteiger partial charge in [0, 0.05) is 12.6 Å². The van der Waals surface area contributed by atoms with Gasteiger partial charge in [0.05, 0.1) is 5.41 Å². The first-order valence-electron chi connectivity index (χ1n) is 6.64. The van der Waals surface area contributed by atoms with Gasteiger partial charge in [-0.2, -0.15) is 0 Å². The summed E-state index contributed by atoms with van der Waals surface area (Å²) in [6.07, 6.45) is 2.94. The fourth-order valence-electron chi connectivity index (χ4n) is 3.87. The summed E-state index contributed by atoms with van der Waals surface area (Å²) < 4.78 is 0. The predicted octanol–water partition coefficient (Wildman–Crippen LogP) is 2.12. The maximum atomic E-state index is 12.0. The minimum atomic E-state index is -0.656. The molecule has 2 aliphatic heterocycles. The molecule has 3 aliphatic rings. The van der Waals surface area contributed by atoms with Crippen molar-refractivity contribution in [2.75, 3.05) is 13.6 Å². The molecule has 0 aromatic heterocycles. The van der Waals surface area contributed by atoms with Gasteiger partial charge in [-0.15, -0.1) is 0 Å². The highest BCUT2D eigenvalue weighted by molar-refractivity contribution is 5.82. The molecule has 0 amide bonds. The van der Waals surface area contributed by atoms with Crippen LogP contribution in [-0.4, -0.2) is 35.6 Å². The van der Waals surface area contributed by atoms with E-state index in [0.29, 0.717) is 6.04 Å². The van der Waals surface area contributed by atoms with Crippen molar-refractivity contribution in [3.05, 3.63) is 35.9 Å². The van der Waals surface area contributed by atoms with Crippen LogP contribution in [0.1, 0.15) is 24.8 Å². The van der Waals surface area contributed by atoms with Gasteiger partial charge in [-0.05, 0) is 37.8 Å². The molecule has 3 nitrogen and oxygen atoms in total. The van der Waals surface area contributed by atoms with Gasteiger partial charge in [-0.1, -0.05) is 30.3 Å².